The zero-order valence-electron chi connectivity index (χ0n) is 11.2. The molecule has 100 valence electrons. The van der Waals surface area contributed by atoms with Gasteiger partial charge in [0.05, 0.1) is 0 Å². The summed E-state index contributed by atoms with van der Waals surface area (Å²) in [5.41, 5.74) is 7.77. The summed E-state index contributed by atoms with van der Waals surface area (Å²) in [4.78, 5) is 4.60. The Morgan fingerprint density at radius 3 is 2.83 bits per heavy atom. The lowest BCUT2D eigenvalue weighted by Crippen LogP contribution is -2.31. The number of hydrogen-bond acceptors (Lipinski definition) is 3. The number of nitrogens with zero attached hydrogens (tertiary/aromatic N) is 2. The monoisotopic (exact) mass is 251 g/mol. The maximum Gasteiger partial charge on any atom is 0.123 e. The van der Waals surface area contributed by atoms with Gasteiger partial charge >= 0.3 is 0 Å². The first-order valence-electron chi connectivity index (χ1n) is 6.51. The molecule has 1 aliphatic heterocycles. The van der Waals surface area contributed by atoms with Crippen molar-refractivity contribution in [3.63, 3.8) is 0 Å². The summed E-state index contributed by atoms with van der Waals surface area (Å²) in [5, 5.41) is 0. The molecule has 3 nitrogen and oxygen atoms in total. The number of rotatable bonds is 4. The van der Waals surface area contributed by atoms with E-state index in [1.165, 1.54) is 0 Å². The molecule has 0 amide bonds. The van der Waals surface area contributed by atoms with Crippen molar-refractivity contribution in [1.82, 2.24) is 4.90 Å². The fraction of sp³-hybridized carbons (Fsp3) is 0.571. The van der Waals surface area contributed by atoms with Crippen molar-refractivity contribution >= 4 is 5.69 Å². The van der Waals surface area contributed by atoms with E-state index in [-0.39, 0.29) is 5.82 Å². The summed E-state index contributed by atoms with van der Waals surface area (Å²) in [5.74, 6) is -0.175. The Balaban J connectivity index is 2.18. The molecule has 0 radical (unpaired) electrons. The van der Waals surface area contributed by atoms with Gasteiger partial charge < -0.3 is 15.5 Å². The Morgan fingerprint density at radius 1 is 1.44 bits per heavy atom. The predicted molar refractivity (Wildman–Crippen MR) is 73.5 cm³/mol. The standard InChI is InChI=1S/C14H22FN3/c1-17(2)13-6-8-18(10-13)14-4-3-12(15)9-11(14)5-7-16/h3-4,9,13H,5-8,10,16H2,1-2H3. The molecule has 1 aromatic rings. The summed E-state index contributed by atoms with van der Waals surface area (Å²) in [6, 6.07) is 5.63. The van der Waals surface area contributed by atoms with Crippen LogP contribution in [0.25, 0.3) is 0 Å². The van der Waals surface area contributed by atoms with Crippen molar-refractivity contribution in [3.05, 3.63) is 29.6 Å². The highest BCUT2D eigenvalue weighted by Crippen LogP contribution is 2.26. The minimum atomic E-state index is -0.175. The molecule has 1 unspecified atom stereocenters. The van der Waals surface area contributed by atoms with E-state index in [0.717, 1.165) is 37.2 Å². The molecule has 2 N–H and O–H groups in total. The smallest absolute Gasteiger partial charge is 0.123 e. The second kappa shape index (κ2) is 5.67. The van der Waals surface area contributed by atoms with Crippen LogP contribution in [0.1, 0.15) is 12.0 Å². The molecule has 18 heavy (non-hydrogen) atoms. The first-order chi connectivity index (χ1) is 8.61. The molecular formula is C14H22FN3. The zero-order valence-corrected chi connectivity index (χ0v) is 11.2. The number of benzene rings is 1. The van der Waals surface area contributed by atoms with E-state index in [9.17, 15) is 4.39 Å². The Hall–Kier alpha value is -1.13. The van der Waals surface area contributed by atoms with Gasteiger partial charge in [-0.25, -0.2) is 4.39 Å². The number of nitrogens with two attached hydrogens (primary N) is 1. The van der Waals surface area contributed by atoms with Crippen molar-refractivity contribution in [2.45, 2.75) is 18.9 Å². The van der Waals surface area contributed by atoms with E-state index in [0.29, 0.717) is 12.6 Å². The van der Waals surface area contributed by atoms with Crippen LogP contribution < -0.4 is 10.6 Å². The number of hydrogen-bond donors (Lipinski definition) is 1. The molecule has 0 saturated carbocycles. The van der Waals surface area contributed by atoms with Gasteiger partial charge in [0.2, 0.25) is 0 Å². The molecule has 0 aromatic heterocycles. The lowest BCUT2D eigenvalue weighted by atomic mass is 10.1. The molecule has 1 aliphatic rings. The van der Waals surface area contributed by atoms with E-state index < -0.39 is 0 Å². The topological polar surface area (TPSA) is 32.5 Å². The van der Waals surface area contributed by atoms with Crippen molar-refractivity contribution < 1.29 is 4.39 Å². The Labute approximate surface area is 108 Å². The Bertz CT molecular complexity index is 406. The molecule has 1 atom stereocenters. The van der Waals surface area contributed by atoms with Gasteiger partial charge in [-0.3, -0.25) is 0 Å². The van der Waals surface area contributed by atoms with Crippen LogP contribution in [-0.2, 0) is 6.42 Å². The first kappa shape index (κ1) is 13.3. The van der Waals surface area contributed by atoms with E-state index in [4.69, 9.17) is 5.73 Å². The molecule has 0 aliphatic carbocycles. The van der Waals surface area contributed by atoms with Gasteiger partial charge in [0.25, 0.3) is 0 Å². The van der Waals surface area contributed by atoms with Crippen LogP contribution >= 0.6 is 0 Å². The first-order valence-corrected chi connectivity index (χ1v) is 6.51. The average molecular weight is 251 g/mol. The molecule has 2 rings (SSSR count). The number of halogens is 1. The minimum Gasteiger partial charge on any atom is -0.370 e. The van der Waals surface area contributed by atoms with Crippen LogP contribution in [-0.4, -0.2) is 44.7 Å². The quantitative estimate of drug-likeness (QED) is 0.879. The van der Waals surface area contributed by atoms with Crippen LogP contribution in [0.3, 0.4) is 0 Å². The lowest BCUT2D eigenvalue weighted by Gasteiger charge is -2.24. The maximum atomic E-state index is 13.3. The molecule has 0 spiro atoms. The molecule has 1 saturated heterocycles. The third-order valence-electron chi connectivity index (χ3n) is 3.69. The number of anilines is 1. The minimum absolute atomic E-state index is 0.175. The maximum absolute atomic E-state index is 13.3. The third kappa shape index (κ3) is 2.82. The van der Waals surface area contributed by atoms with Gasteiger partial charge in [-0.05, 0) is 57.2 Å². The summed E-state index contributed by atoms with van der Waals surface area (Å²) in [6.07, 6.45) is 1.89. The third-order valence-corrected chi connectivity index (χ3v) is 3.69. The molecule has 0 bridgehead atoms. The zero-order chi connectivity index (χ0) is 13.1. The summed E-state index contributed by atoms with van der Waals surface area (Å²) < 4.78 is 13.3. The average Bonchev–Trinajstić information content (AvgIpc) is 2.79. The highest BCUT2D eigenvalue weighted by atomic mass is 19.1. The largest absolute Gasteiger partial charge is 0.370 e. The van der Waals surface area contributed by atoms with Crippen LogP contribution in [0.4, 0.5) is 10.1 Å². The van der Waals surface area contributed by atoms with E-state index >= 15 is 0 Å². The van der Waals surface area contributed by atoms with Gasteiger partial charge in [0.15, 0.2) is 0 Å². The summed E-state index contributed by atoms with van der Waals surface area (Å²) in [6.45, 7) is 2.60. The Kier molecular flexibility index (Phi) is 4.19. The van der Waals surface area contributed by atoms with Crippen molar-refractivity contribution in [3.8, 4) is 0 Å². The summed E-state index contributed by atoms with van der Waals surface area (Å²) in [7, 11) is 4.22. The number of likely N-dealkylation sites (N-methyl/N-ethyl adjacent to an activating group) is 1. The molecule has 4 heteroatoms. The predicted octanol–water partition coefficient (Wildman–Crippen LogP) is 1.47. The highest BCUT2D eigenvalue weighted by Gasteiger charge is 2.25. The molecule has 1 heterocycles. The van der Waals surface area contributed by atoms with E-state index in [1.807, 2.05) is 6.07 Å². The summed E-state index contributed by atoms with van der Waals surface area (Å²) >= 11 is 0. The van der Waals surface area contributed by atoms with E-state index in [2.05, 4.69) is 23.9 Å². The molecule has 1 aromatic carbocycles. The van der Waals surface area contributed by atoms with Gasteiger partial charge in [0, 0.05) is 24.8 Å². The molecule has 1 fully saturated rings. The van der Waals surface area contributed by atoms with Crippen LogP contribution in [0.15, 0.2) is 18.2 Å². The van der Waals surface area contributed by atoms with Crippen LogP contribution in [0.2, 0.25) is 0 Å². The lowest BCUT2D eigenvalue weighted by molar-refractivity contribution is 0.315. The van der Waals surface area contributed by atoms with Crippen LogP contribution in [0, 0.1) is 5.82 Å². The fourth-order valence-corrected chi connectivity index (χ4v) is 2.60. The van der Waals surface area contributed by atoms with Gasteiger partial charge in [-0.1, -0.05) is 0 Å². The second-order valence-corrected chi connectivity index (χ2v) is 5.16. The Morgan fingerprint density at radius 2 is 2.22 bits per heavy atom. The van der Waals surface area contributed by atoms with Crippen LogP contribution in [0.5, 0.6) is 0 Å². The second-order valence-electron chi connectivity index (χ2n) is 5.16. The van der Waals surface area contributed by atoms with Gasteiger partial charge in [-0.15, -0.1) is 0 Å². The van der Waals surface area contributed by atoms with Crippen molar-refractivity contribution in [1.29, 1.82) is 0 Å². The normalized spacial score (nSPS) is 19.8. The molecular weight excluding hydrogens is 229 g/mol. The SMILES string of the molecule is CN(C)C1CCN(c2ccc(F)cc2CCN)C1. The highest BCUT2D eigenvalue weighted by molar-refractivity contribution is 5.55. The van der Waals surface area contributed by atoms with Gasteiger partial charge in [-0.2, -0.15) is 0 Å². The fourth-order valence-electron chi connectivity index (χ4n) is 2.60. The van der Waals surface area contributed by atoms with Crippen molar-refractivity contribution in [2.24, 2.45) is 5.73 Å². The van der Waals surface area contributed by atoms with Gasteiger partial charge in [0.1, 0.15) is 5.82 Å². The van der Waals surface area contributed by atoms with E-state index in [1.54, 1.807) is 12.1 Å². The van der Waals surface area contributed by atoms with Crippen molar-refractivity contribution in [2.75, 3.05) is 38.6 Å².